The lowest BCUT2D eigenvalue weighted by Crippen LogP contribution is -2.23. The Hall–Kier alpha value is -6.39. The van der Waals surface area contributed by atoms with Crippen LogP contribution in [0.25, 0.3) is 83.6 Å². The van der Waals surface area contributed by atoms with Crippen LogP contribution in [-0.4, -0.2) is 19.5 Å². The molecule has 4 heteroatoms. The second-order valence-corrected chi connectivity index (χ2v) is 13.7. The largest absolute Gasteiger partial charge is 0.294 e. The van der Waals surface area contributed by atoms with E-state index in [0.29, 0.717) is 5.82 Å². The van der Waals surface area contributed by atoms with E-state index in [4.69, 9.17) is 15.0 Å². The molecular weight excluding hydrogens is 609 g/mol. The monoisotopic (exact) mass is 640 g/mol. The molecule has 0 bridgehead atoms. The summed E-state index contributed by atoms with van der Waals surface area (Å²) in [4.78, 5) is 15.6. The van der Waals surface area contributed by atoms with Crippen molar-refractivity contribution in [3.8, 4) is 50.8 Å². The zero-order valence-electron chi connectivity index (χ0n) is 27.8. The van der Waals surface area contributed by atoms with E-state index in [-0.39, 0.29) is 5.41 Å². The van der Waals surface area contributed by atoms with E-state index in [1.165, 1.54) is 27.6 Å². The Labute approximate surface area is 290 Å². The predicted octanol–water partition coefficient (Wildman–Crippen LogP) is 11.4. The molecule has 0 fully saturated rings. The topological polar surface area (TPSA) is 43.6 Å². The molecule has 6 aromatic carbocycles. The highest BCUT2D eigenvalue weighted by Gasteiger charge is 2.34. The molecule has 0 spiro atoms. The summed E-state index contributed by atoms with van der Waals surface area (Å²) < 4.78 is 2.32. The van der Waals surface area contributed by atoms with Crippen molar-refractivity contribution in [2.45, 2.75) is 19.3 Å². The molecular formula is C46H32N4. The molecule has 50 heavy (non-hydrogen) atoms. The Bertz CT molecular complexity index is 2720. The molecule has 0 N–H and O–H groups in total. The van der Waals surface area contributed by atoms with E-state index < -0.39 is 0 Å². The van der Waals surface area contributed by atoms with Crippen LogP contribution in [0.4, 0.5) is 0 Å². The Balaban J connectivity index is 1.20. The Morgan fingerprint density at radius 3 is 1.86 bits per heavy atom. The van der Waals surface area contributed by atoms with Crippen LogP contribution in [0.15, 0.2) is 158 Å². The van der Waals surface area contributed by atoms with Crippen LogP contribution in [-0.2, 0) is 5.41 Å². The molecule has 1 aliphatic carbocycles. The molecule has 0 atom stereocenters. The molecule has 10 rings (SSSR count). The minimum Gasteiger partial charge on any atom is -0.294 e. The van der Waals surface area contributed by atoms with Crippen LogP contribution in [0, 0.1) is 0 Å². The van der Waals surface area contributed by atoms with E-state index >= 15 is 0 Å². The zero-order valence-corrected chi connectivity index (χ0v) is 27.8. The van der Waals surface area contributed by atoms with Gasteiger partial charge in [-0.2, -0.15) is 0 Å². The van der Waals surface area contributed by atoms with Crippen LogP contribution < -0.4 is 0 Å². The van der Waals surface area contributed by atoms with Gasteiger partial charge < -0.3 is 0 Å². The van der Waals surface area contributed by atoms with Crippen molar-refractivity contribution in [2.75, 3.05) is 0 Å². The van der Waals surface area contributed by atoms with Gasteiger partial charge in [0, 0.05) is 38.3 Å². The number of rotatable bonds is 4. The SMILES string of the molecule is CC1(C)c2ccccc2-c2cc(-n3c4ccccc4c4cc(-c5nc(-c6ccccc6)cc(-c6ccccc6)n5)ccc43)nc3cccc1c23. The van der Waals surface area contributed by atoms with Gasteiger partial charge in [0.2, 0.25) is 0 Å². The molecule has 4 nitrogen and oxygen atoms in total. The van der Waals surface area contributed by atoms with E-state index in [0.717, 1.165) is 61.2 Å². The van der Waals surface area contributed by atoms with Crippen LogP contribution in [0.1, 0.15) is 25.0 Å². The van der Waals surface area contributed by atoms with Crippen LogP contribution in [0.2, 0.25) is 0 Å². The number of benzene rings is 6. The maximum absolute atomic E-state index is 5.37. The first kappa shape index (κ1) is 28.6. The standard InChI is InChI=1S/C46H32N4/c1-46(2)36-20-11-9-18-32(36)35-27-43(47-38-22-13-21-37(46)44(35)38)50-41-23-12-10-19-33(41)34-26-31(24-25-42(34)50)45-48-39(29-14-5-3-6-15-29)28-40(49-45)30-16-7-4-8-17-30/h3-28H,1-2H3. The number of nitrogens with zero attached hydrogens (tertiary/aromatic N) is 4. The predicted molar refractivity (Wildman–Crippen MR) is 206 cm³/mol. The number of hydrogen-bond acceptors (Lipinski definition) is 3. The molecule has 9 aromatic rings. The van der Waals surface area contributed by atoms with Crippen molar-refractivity contribution in [1.29, 1.82) is 0 Å². The Morgan fingerprint density at radius 1 is 0.460 bits per heavy atom. The number of pyridine rings is 1. The number of para-hydroxylation sites is 1. The first-order valence-electron chi connectivity index (χ1n) is 17.1. The maximum Gasteiger partial charge on any atom is 0.160 e. The summed E-state index contributed by atoms with van der Waals surface area (Å²) in [6.07, 6.45) is 0. The van der Waals surface area contributed by atoms with Gasteiger partial charge in [-0.25, -0.2) is 15.0 Å². The minimum absolute atomic E-state index is 0.115. The average Bonchev–Trinajstić information content (AvgIpc) is 3.51. The fourth-order valence-electron chi connectivity index (χ4n) is 7.98. The molecule has 0 saturated carbocycles. The van der Waals surface area contributed by atoms with Gasteiger partial charge in [-0.05, 0) is 64.7 Å². The summed E-state index contributed by atoms with van der Waals surface area (Å²) in [6, 6.07) is 55.7. The van der Waals surface area contributed by atoms with Gasteiger partial charge in [0.05, 0.1) is 27.9 Å². The molecule has 0 amide bonds. The molecule has 3 aromatic heterocycles. The Morgan fingerprint density at radius 2 is 1.10 bits per heavy atom. The quantitative estimate of drug-likeness (QED) is 0.192. The molecule has 3 heterocycles. The normalized spacial score (nSPS) is 13.2. The lowest BCUT2D eigenvalue weighted by atomic mass is 9.69. The highest BCUT2D eigenvalue weighted by atomic mass is 15.1. The lowest BCUT2D eigenvalue weighted by Gasteiger charge is -2.35. The minimum atomic E-state index is -0.115. The van der Waals surface area contributed by atoms with Crippen molar-refractivity contribution >= 4 is 32.7 Å². The molecule has 236 valence electrons. The third-order valence-corrected chi connectivity index (χ3v) is 10.4. The van der Waals surface area contributed by atoms with Crippen LogP contribution in [0.3, 0.4) is 0 Å². The van der Waals surface area contributed by atoms with Gasteiger partial charge >= 0.3 is 0 Å². The molecule has 0 unspecified atom stereocenters. The van der Waals surface area contributed by atoms with Gasteiger partial charge in [-0.1, -0.05) is 129 Å². The van der Waals surface area contributed by atoms with Crippen LogP contribution >= 0.6 is 0 Å². The summed E-state index contributed by atoms with van der Waals surface area (Å²) in [5.41, 5.74) is 13.2. The van der Waals surface area contributed by atoms with Gasteiger partial charge in [0.1, 0.15) is 5.82 Å². The fourth-order valence-corrected chi connectivity index (χ4v) is 7.98. The maximum atomic E-state index is 5.37. The van der Waals surface area contributed by atoms with Crippen molar-refractivity contribution < 1.29 is 0 Å². The second kappa shape index (κ2) is 10.8. The van der Waals surface area contributed by atoms with E-state index in [1.54, 1.807) is 0 Å². The van der Waals surface area contributed by atoms with Gasteiger partial charge in [-0.3, -0.25) is 4.57 Å². The smallest absolute Gasteiger partial charge is 0.160 e. The number of fused-ring (bicyclic) bond motifs is 5. The van der Waals surface area contributed by atoms with E-state index in [1.807, 2.05) is 12.1 Å². The summed E-state index contributed by atoms with van der Waals surface area (Å²) in [6.45, 7) is 4.65. The number of aromatic nitrogens is 4. The molecule has 0 aliphatic heterocycles. The first-order chi connectivity index (χ1) is 24.5. The van der Waals surface area contributed by atoms with E-state index in [9.17, 15) is 0 Å². The summed E-state index contributed by atoms with van der Waals surface area (Å²) in [5, 5.41) is 3.55. The summed E-state index contributed by atoms with van der Waals surface area (Å²) >= 11 is 0. The molecule has 1 aliphatic rings. The van der Waals surface area contributed by atoms with Gasteiger partial charge in [0.25, 0.3) is 0 Å². The lowest BCUT2D eigenvalue weighted by molar-refractivity contribution is 0.645. The van der Waals surface area contributed by atoms with Crippen molar-refractivity contribution in [3.63, 3.8) is 0 Å². The summed E-state index contributed by atoms with van der Waals surface area (Å²) in [7, 11) is 0. The second-order valence-electron chi connectivity index (χ2n) is 13.7. The van der Waals surface area contributed by atoms with Crippen molar-refractivity contribution in [3.05, 3.63) is 169 Å². The third-order valence-electron chi connectivity index (χ3n) is 10.4. The average molecular weight is 641 g/mol. The van der Waals surface area contributed by atoms with Gasteiger partial charge in [0.15, 0.2) is 5.82 Å². The van der Waals surface area contributed by atoms with Crippen molar-refractivity contribution in [1.82, 2.24) is 19.5 Å². The highest BCUT2D eigenvalue weighted by molar-refractivity contribution is 6.11. The first-order valence-corrected chi connectivity index (χ1v) is 17.1. The third kappa shape index (κ3) is 4.28. The highest BCUT2D eigenvalue weighted by Crippen LogP contribution is 2.49. The molecule has 0 saturated heterocycles. The van der Waals surface area contributed by atoms with Gasteiger partial charge in [-0.15, -0.1) is 0 Å². The van der Waals surface area contributed by atoms with E-state index in [2.05, 4.69) is 164 Å². The zero-order chi connectivity index (χ0) is 33.4. The van der Waals surface area contributed by atoms with Crippen molar-refractivity contribution in [2.24, 2.45) is 0 Å². The number of hydrogen-bond donors (Lipinski definition) is 0. The van der Waals surface area contributed by atoms with Crippen LogP contribution in [0.5, 0.6) is 0 Å². The Kier molecular flexibility index (Phi) is 6.19. The summed E-state index contributed by atoms with van der Waals surface area (Å²) in [5.74, 6) is 1.61. The molecule has 0 radical (unpaired) electrons. The fraction of sp³-hybridized carbons (Fsp3) is 0.0652.